The molecular weight excluding hydrogens is 262 g/mol. The number of nitrogens with one attached hydrogen (secondary N) is 3. The van der Waals surface area contributed by atoms with E-state index in [2.05, 4.69) is 29.8 Å². The van der Waals surface area contributed by atoms with Crippen LogP contribution in [0.15, 0.2) is 24.3 Å². The Labute approximate surface area is 127 Å². The van der Waals surface area contributed by atoms with Crippen molar-refractivity contribution in [2.24, 2.45) is 0 Å². The van der Waals surface area contributed by atoms with Gasteiger partial charge in [0.15, 0.2) is 0 Å². The van der Waals surface area contributed by atoms with E-state index in [1.807, 2.05) is 24.3 Å². The maximum absolute atomic E-state index is 11.9. The van der Waals surface area contributed by atoms with Crippen molar-refractivity contribution in [1.29, 1.82) is 0 Å². The molecule has 1 aromatic rings. The van der Waals surface area contributed by atoms with Crippen molar-refractivity contribution in [2.75, 3.05) is 5.32 Å². The first kappa shape index (κ1) is 15.8. The lowest BCUT2D eigenvalue weighted by Gasteiger charge is -2.22. The quantitative estimate of drug-likeness (QED) is 0.775. The summed E-state index contributed by atoms with van der Waals surface area (Å²) in [6.07, 6.45) is 5.96. The zero-order valence-corrected chi connectivity index (χ0v) is 13.1. The first-order valence-electron chi connectivity index (χ1n) is 8.03. The van der Waals surface area contributed by atoms with Crippen molar-refractivity contribution < 1.29 is 4.79 Å². The molecule has 1 fully saturated rings. The number of benzene rings is 1. The third-order valence-electron chi connectivity index (χ3n) is 3.87. The van der Waals surface area contributed by atoms with Gasteiger partial charge in [-0.25, -0.2) is 4.79 Å². The highest BCUT2D eigenvalue weighted by Gasteiger charge is 2.15. The first-order chi connectivity index (χ1) is 10.1. The molecular formula is C17H27N3O. The Morgan fingerprint density at radius 2 is 1.81 bits per heavy atom. The lowest BCUT2D eigenvalue weighted by Crippen LogP contribution is -2.39. The van der Waals surface area contributed by atoms with Crippen molar-refractivity contribution in [3.8, 4) is 0 Å². The van der Waals surface area contributed by atoms with Crippen LogP contribution in [0.25, 0.3) is 0 Å². The van der Waals surface area contributed by atoms with Gasteiger partial charge in [-0.05, 0) is 30.5 Å². The predicted molar refractivity (Wildman–Crippen MR) is 87.4 cm³/mol. The molecule has 0 spiro atoms. The molecule has 0 atom stereocenters. The molecule has 1 aliphatic carbocycles. The van der Waals surface area contributed by atoms with E-state index in [1.165, 1.54) is 24.8 Å². The maximum Gasteiger partial charge on any atom is 0.319 e. The van der Waals surface area contributed by atoms with Gasteiger partial charge in [-0.2, -0.15) is 0 Å². The average Bonchev–Trinajstić information content (AvgIpc) is 2.47. The van der Waals surface area contributed by atoms with Crippen LogP contribution in [0.2, 0.25) is 0 Å². The van der Waals surface area contributed by atoms with Crippen molar-refractivity contribution >= 4 is 11.7 Å². The van der Waals surface area contributed by atoms with Gasteiger partial charge in [-0.3, -0.25) is 0 Å². The monoisotopic (exact) mass is 289 g/mol. The molecule has 0 aliphatic heterocycles. The lowest BCUT2D eigenvalue weighted by atomic mass is 9.96. The molecule has 116 valence electrons. The highest BCUT2D eigenvalue weighted by molar-refractivity contribution is 5.89. The van der Waals surface area contributed by atoms with Gasteiger partial charge in [-0.15, -0.1) is 0 Å². The molecule has 0 heterocycles. The highest BCUT2D eigenvalue weighted by Crippen LogP contribution is 2.17. The summed E-state index contributed by atoms with van der Waals surface area (Å²) in [6, 6.07) is 8.74. The normalized spacial score (nSPS) is 16.0. The van der Waals surface area contributed by atoms with Crippen molar-refractivity contribution in [1.82, 2.24) is 10.6 Å². The van der Waals surface area contributed by atoms with Crippen LogP contribution >= 0.6 is 0 Å². The summed E-state index contributed by atoms with van der Waals surface area (Å²) in [5.74, 6) is 0. The maximum atomic E-state index is 11.9. The molecule has 0 saturated heterocycles. The molecule has 1 saturated carbocycles. The third kappa shape index (κ3) is 5.76. The van der Waals surface area contributed by atoms with Crippen LogP contribution in [0.5, 0.6) is 0 Å². The van der Waals surface area contributed by atoms with Gasteiger partial charge in [0, 0.05) is 24.3 Å². The fourth-order valence-electron chi connectivity index (χ4n) is 2.63. The molecule has 1 aromatic carbocycles. The average molecular weight is 289 g/mol. The summed E-state index contributed by atoms with van der Waals surface area (Å²) in [7, 11) is 0. The number of amides is 2. The Hall–Kier alpha value is -1.55. The molecule has 21 heavy (non-hydrogen) atoms. The molecule has 0 unspecified atom stereocenters. The smallest absolute Gasteiger partial charge is 0.319 e. The number of anilines is 1. The molecule has 2 amide bonds. The molecule has 3 N–H and O–H groups in total. The molecule has 0 radical (unpaired) electrons. The van der Waals surface area contributed by atoms with E-state index in [1.54, 1.807) is 0 Å². The SMILES string of the molecule is CC(C)NCc1ccc(NC(=O)NC2CCCCC2)cc1. The summed E-state index contributed by atoms with van der Waals surface area (Å²) in [5, 5.41) is 9.35. The second kappa shape index (κ2) is 8.03. The number of rotatable bonds is 5. The van der Waals surface area contributed by atoms with Crippen molar-refractivity contribution in [3.63, 3.8) is 0 Å². The largest absolute Gasteiger partial charge is 0.335 e. The third-order valence-corrected chi connectivity index (χ3v) is 3.87. The summed E-state index contributed by atoms with van der Waals surface area (Å²) in [4.78, 5) is 11.9. The van der Waals surface area contributed by atoms with Gasteiger partial charge in [0.25, 0.3) is 0 Å². The van der Waals surface area contributed by atoms with E-state index in [4.69, 9.17) is 0 Å². The number of carbonyl (C=O) groups excluding carboxylic acids is 1. The Bertz CT molecular complexity index is 436. The number of urea groups is 1. The minimum atomic E-state index is -0.0880. The van der Waals surface area contributed by atoms with Crippen LogP contribution in [-0.4, -0.2) is 18.1 Å². The number of hydrogen-bond donors (Lipinski definition) is 3. The first-order valence-corrected chi connectivity index (χ1v) is 8.03. The second-order valence-corrected chi connectivity index (χ2v) is 6.17. The zero-order valence-electron chi connectivity index (χ0n) is 13.1. The predicted octanol–water partition coefficient (Wildman–Crippen LogP) is 3.64. The fraction of sp³-hybridized carbons (Fsp3) is 0.588. The Kier molecular flexibility index (Phi) is 6.05. The van der Waals surface area contributed by atoms with Gasteiger partial charge in [0.1, 0.15) is 0 Å². The lowest BCUT2D eigenvalue weighted by molar-refractivity contribution is 0.244. The zero-order chi connectivity index (χ0) is 15.1. The van der Waals surface area contributed by atoms with Gasteiger partial charge in [0.05, 0.1) is 0 Å². The highest BCUT2D eigenvalue weighted by atomic mass is 16.2. The molecule has 2 rings (SSSR count). The van der Waals surface area contributed by atoms with Crippen LogP contribution in [0.1, 0.15) is 51.5 Å². The summed E-state index contributed by atoms with van der Waals surface area (Å²) in [5.41, 5.74) is 2.07. The van der Waals surface area contributed by atoms with E-state index in [0.29, 0.717) is 12.1 Å². The van der Waals surface area contributed by atoms with Crippen LogP contribution in [-0.2, 0) is 6.54 Å². The van der Waals surface area contributed by atoms with Crippen LogP contribution in [0.3, 0.4) is 0 Å². The molecule has 4 nitrogen and oxygen atoms in total. The molecule has 1 aliphatic rings. The Morgan fingerprint density at radius 1 is 1.14 bits per heavy atom. The molecule has 0 aromatic heterocycles. The van der Waals surface area contributed by atoms with Crippen LogP contribution in [0, 0.1) is 0 Å². The van der Waals surface area contributed by atoms with E-state index in [-0.39, 0.29) is 6.03 Å². The summed E-state index contributed by atoms with van der Waals surface area (Å²) in [6.45, 7) is 5.11. The number of carbonyl (C=O) groups is 1. The molecule has 0 bridgehead atoms. The minimum Gasteiger partial charge on any atom is -0.335 e. The standard InChI is InChI=1S/C17H27N3O/c1-13(2)18-12-14-8-10-16(11-9-14)20-17(21)19-15-6-4-3-5-7-15/h8-11,13,15,18H,3-7,12H2,1-2H3,(H2,19,20,21). The number of hydrogen-bond acceptors (Lipinski definition) is 2. The van der Waals surface area contributed by atoms with Gasteiger partial charge in [0.2, 0.25) is 0 Å². The van der Waals surface area contributed by atoms with Crippen LogP contribution in [0.4, 0.5) is 10.5 Å². The van der Waals surface area contributed by atoms with Crippen molar-refractivity contribution in [3.05, 3.63) is 29.8 Å². The second-order valence-electron chi connectivity index (χ2n) is 6.17. The van der Waals surface area contributed by atoms with Crippen LogP contribution < -0.4 is 16.0 Å². The Morgan fingerprint density at radius 3 is 2.43 bits per heavy atom. The van der Waals surface area contributed by atoms with E-state index in [9.17, 15) is 4.79 Å². The summed E-state index contributed by atoms with van der Waals surface area (Å²) >= 11 is 0. The van der Waals surface area contributed by atoms with Crippen molar-refractivity contribution in [2.45, 2.75) is 64.6 Å². The van der Waals surface area contributed by atoms with Gasteiger partial charge >= 0.3 is 6.03 Å². The summed E-state index contributed by atoms with van der Waals surface area (Å²) < 4.78 is 0. The Balaban J connectivity index is 1.77. The topological polar surface area (TPSA) is 53.2 Å². The molecule has 4 heteroatoms. The minimum absolute atomic E-state index is 0.0880. The van der Waals surface area contributed by atoms with E-state index < -0.39 is 0 Å². The van der Waals surface area contributed by atoms with Gasteiger partial charge in [-0.1, -0.05) is 45.2 Å². The van der Waals surface area contributed by atoms with Gasteiger partial charge < -0.3 is 16.0 Å². The fourth-order valence-corrected chi connectivity index (χ4v) is 2.63. The van der Waals surface area contributed by atoms with E-state index >= 15 is 0 Å². The van der Waals surface area contributed by atoms with E-state index in [0.717, 1.165) is 25.1 Å².